The van der Waals surface area contributed by atoms with Crippen LogP contribution in [0.2, 0.25) is 10.0 Å². The fourth-order valence-electron chi connectivity index (χ4n) is 1.71. The second-order valence-corrected chi connectivity index (χ2v) is 5.54. The highest BCUT2D eigenvalue weighted by molar-refractivity contribution is 6.42. The van der Waals surface area contributed by atoms with Gasteiger partial charge in [0.1, 0.15) is 5.75 Å². The summed E-state index contributed by atoms with van der Waals surface area (Å²) in [4.78, 5) is 11.6. The van der Waals surface area contributed by atoms with Crippen molar-refractivity contribution in [2.75, 3.05) is 5.32 Å². The van der Waals surface area contributed by atoms with Gasteiger partial charge in [-0.2, -0.15) is 22.0 Å². The molecule has 2 rings (SSSR count). The van der Waals surface area contributed by atoms with Gasteiger partial charge in [-0.15, -0.1) is 0 Å². The highest BCUT2D eigenvalue weighted by atomic mass is 35.5. The smallest absolute Gasteiger partial charge is 0.425 e. The molecule has 134 valence electrons. The van der Waals surface area contributed by atoms with E-state index in [1.807, 2.05) is 5.32 Å². The lowest BCUT2D eigenvalue weighted by molar-refractivity contribution is -0.187. The summed E-state index contributed by atoms with van der Waals surface area (Å²) in [6.07, 6.45) is -9.16. The number of hydrogen-bond acceptors (Lipinski definition) is 2. The number of rotatable bonds is 4. The first-order valence-electron chi connectivity index (χ1n) is 6.49. The van der Waals surface area contributed by atoms with E-state index < -0.39 is 29.5 Å². The number of carbonyl (C=O) groups excluding carboxylic acids is 1. The van der Waals surface area contributed by atoms with Crippen LogP contribution in [-0.4, -0.2) is 12.0 Å². The molecule has 2 aromatic carbocycles. The summed E-state index contributed by atoms with van der Waals surface area (Å²) in [5, 5.41) is 2.00. The number of hydrogen-bond donors (Lipinski definition) is 1. The van der Waals surface area contributed by atoms with Crippen molar-refractivity contribution < 1.29 is 31.5 Å². The van der Waals surface area contributed by atoms with Crippen molar-refractivity contribution in [3.63, 3.8) is 0 Å². The largest absolute Gasteiger partial charge is 0.482 e. The van der Waals surface area contributed by atoms with Gasteiger partial charge in [-0.3, -0.25) is 4.79 Å². The van der Waals surface area contributed by atoms with E-state index in [0.29, 0.717) is 12.1 Å². The normalized spacial score (nSPS) is 12.0. The minimum absolute atomic E-state index is 0.0154. The van der Waals surface area contributed by atoms with Crippen LogP contribution in [0.5, 0.6) is 5.75 Å². The van der Waals surface area contributed by atoms with Gasteiger partial charge in [-0.25, -0.2) is 0 Å². The zero-order valence-electron chi connectivity index (χ0n) is 12.0. The maximum Gasteiger partial charge on any atom is 0.482 e. The minimum Gasteiger partial charge on any atom is -0.425 e. The molecule has 1 N–H and O–H groups in total. The Kier molecular flexibility index (Phi) is 5.43. The minimum atomic E-state index is -4.74. The van der Waals surface area contributed by atoms with E-state index in [1.54, 1.807) is 0 Å². The first-order chi connectivity index (χ1) is 11.5. The van der Waals surface area contributed by atoms with Crippen molar-refractivity contribution >= 4 is 34.8 Å². The van der Waals surface area contributed by atoms with Gasteiger partial charge < -0.3 is 10.1 Å². The molecule has 25 heavy (non-hydrogen) atoms. The van der Waals surface area contributed by atoms with E-state index >= 15 is 0 Å². The van der Waals surface area contributed by atoms with Crippen LogP contribution in [0.1, 0.15) is 5.56 Å². The molecule has 0 saturated carbocycles. The van der Waals surface area contributed by atoms with E-state index in [0.717, 1.165) is 18.2 Å². The molecular formula is C15H8Cl2F5NO2. The number of nitrogens with one attached hydrogen (secondary N) is 1. The highest BCUT2D eigenvalue weighted by Gasteiger charge is 2.43. The molecule has 0 radical (unpaired) electrons. The summed E-state index contributed by atoms with van der Waals surface area (Å²) >= 11 is 11.3. The summed E-state index contributed by atoms with van der Waals surface area (Å²) in [5.41, 5.74) is -1.28. The molecule has 0 fully saturated rings. The van der Waals surface area contributed by atoms with Gasteiger partial charge in [0.25, 0.3) is 0 Å². The molecule has 0 heterocycles. The fraction of sp³-hybridized carbons (Fsp3) is 0.133. The van der Waals surface area contributed by atoms with Crippen molar-refractivity contribution in [2.45, 2.75) is 12.3 Å². The molecule has 0 aromatic heterocycles. The van der Waals surface area contributed by atoms with Crippen LogP contribution < -0.4 is 10.1 Å². The van der Waals surface area contributed by atoms with Crippen LogP contribution in [-0.2, 0) is 11.0 Å². The lowest BCUT2D eigenvalue weighted by Crippen LogP contribution is -2.40. The van der Waals surface area contributed by atoms with Crippen LogP contribution in [0.4, 0.5) is 27.6 Å². The standard InChI is InChI=1S/C15H8Cl2F5NO2/c16-11-5-4-9(7-12(11)17)23-13(24)15(21,22)25-10-3-1-2-8(6-10)14(18,19)20/h1-7H,(H,23,24). The number of amides is 1. The van der Waals surface area contributed by atoms with Crippen molar-refractivity contribution in [3.05, 3.63) is 58.1 Å². The van der Waals surface area contributed by atoms with Gasteiger partial charge in [0, 0.05) is 5.69 Å². The van der Waals surface area contributed by atoms with Gasteiger partial charge in [-0.1, -0.05) is 29.3 Å². The second kappa shape index (κ2) is 7.05. The number of anilines is 1. The Hall–Kier alpha value is -2.06. The molecule has 0 spiro atoms. The van der Waals surface area contributed by atoms with Gasteiger partial charge >= 0.3 is 18.2 Å². The Labute approximate surface area is 148 Å². The third-order valence-corrected chi connectivity index (χ3v) is 3.59. The summed E-state index contributed by atoms with van der Waals surface area (Å²) in [6, 6.07) is 6.40. The molecule has 0 aliphatic heterocycles. The maximum atomic E-state index is 13.8. The number of alkyl halides is 5. The fourth-order valence-corrected chi connectivity index (χ4v) is 2.01. The summed E-state index contributed by atoms with van der Waals surface area (Å²) in [7, 11) is 0. The van der Waals surface area contributed by atoms with Crippen LogP contribution in [0.3, 0.4) is 0 Å². The molecule has 10 heteroatoms. The number of benzene rings is 2. The lowest BCUT2D eigenvalue weighted by atomic mass is 10.2. The lowest BCUT2D eigenvalue weighted by Gasteiger charge is -2.18. The number of ether oxygens (including phenoxy) is 1. The molecule has 0 bridgehead atoms. The molecule has 0 saturated heterocycles. The van der Waals surface area contributed by atoms with Crippen molar-refractivity contribution in [1.82, 2.24) is 0 Å². The average Bonchev–Trinajstić information content (AvgIpc) is 2.50. The predicted octanol–water partition coefficient (Wildman–Crippen LogP) is 5.62. The Morgan fingerprint density at radius 3 is 2.24 bits per heavy atom. The van der Waals surface area contributed by atoms with E-state index in [2.05, 4.69) is 4.74 Å². The average molecular weight is 400 g/mol. The zero-order valence-corrected chi connectivity index (χ0v) is 13.5. The Morgan fingerprint density at radius 2 is 1.64 bits per heavy atom. The Bertz CT molecular complexity index is 796. The first kappa shape index (κ1) is 19.3. The van der Waals surface area contributed by atoms with Gasteiger partial charge in [0.2, 0.25) is 0 Å². The first-order valence-corrected chi connectivity index (χ1v) is 7.25. The topological polar surface area (TPSA) is 38.3 Å². The SMILES string of the molecule is O=C(Nc1ccc(Cl)c(Cl)c1)C(F)(F)Oc1cccc(C(F)(F)F)c1. The number of carbonyl (C=O) groups is 1. The molecule has 0 aliphatic rings. The maximum absolute atomic E-state index is 13.8. The van der Waals surface area contributed by atoms with Crippen LogP contribution in [0.25, 0.3) is 0 Å². The summed E-state index contributed by atoms with van der Waals surface area (Å²) in [6.45, 7) is 0. The van der Waals surface area contributed by atoms with E-state index in [9.17, 15) is 26.7 Å². The molecular weight excluding hydrogens is 392 g/mol. The van der Waals surface area contributed by atoms with Crippen molar-refractivity contribution in [2.24, 2.45) is 0 Å². The molecule has 0 aliphatic carbocycles. The molecule has 2 aromatic rings. The summed E-state index contributed by atoms with van der Waals surface area (Å²) < 4.78 is 69.5. The summed E-state index contributed by atoms with van der Waals surface area (Å²) in [5.74, 6) is -2.70. The van der Waals surface area contributed by atoms with Gasteiger partial charge in [0.05, 0.1) is 15.6 Å². The third kappa shape index (κ3) is 4.96. The highest BCUT2D eigenvalue weighted by Crippen LogP contribution is 2.33. The monoisotopic (exact) mass is 399 g/mol. The molecule has 0 unspecified atom stereocenters. The van der Waals surface area contributed by atoms with Crippen molar-refractivity contribution in [1.29, 1.82) is 0 Å². The quantitative estimate of drug-likeness (QED) is 0.677. The van der Waals surface area contributed by atoms with Gasteiger partial charge in [-0.05, 0) is 36.4 Å². The Morgan fingerprint density at radius 1 is 0.960 bits per heavy atom. The van der Waals surface area contributed by atoms with E-state index in [-0.39, 0.29) is 15.7 Å². The van der Waals surface area contributed by atoms with E-state index in [4.69, 9.17) is 23.2 Å². The van der Waals surface area contributed by atoms with Crippen molar-refractivity contribution in [3.8, 4) is 5.75 Å². The molecule has 3 nitrogen and oxygen atoms in total. The zero-order chi connectivity index (χ0) is 18.8. The van der Waals surface area contributed by atoms with Crippen LogP contribution in [0.15, 0.2) is 42.5 Å². The van der Waals surface area contributed by atoms with Gasteiger partial charge in [0.15, 0.2) is 0 Å². The third-order valence-electron chi connectivity index (χ3n) is 2.85. The predicted molar refractivity (Wildman–Crippen MR) is 82.1 cm³/mol. The van der Waals surface area contributed by atoms with Crippen LogP contribution >= 0.6 is 23.2 Å². The Balaban J connectivity index is 2.15. The van der Waals surface area contributed by atoms with E-state index in [1.165, 1.54) is 12.1 Å². The molecule has 0 atom stereocenters. The molecule has 1 amide bonds. The number of halogens is 7. The second-order valence-electron chi connectivity index (χ2n) is 4.73. The van der Waals surface area contributed by atoms with Crippen LogP contribution in [0, 0.1) is 0 Å².